The zero-order chi connectivity index (χ0) is 44.3. The van der Waals surface area contributed by atoms with Crippen molar-refractivity contribution in [1.82, 2.24) is 0 Å². The molecule has 1 heterocycles. The molecule has 0 aromatic heterocycles. The van der Waals surface area contributed by atoms with Gasteiger partial charge in [-0.1, -0.05) is 163 Å². The highest BCUT2D eigenvalue weighted by atomic mass is 16.7. The Balaban J connectivity index is 2.28. The van der Waals surface area contributed by atoms with Gasteiger partial charge in [0.15, 0.2) is 6.29 Å². The van der Waals surface area contributed by atoms with Crippen molar-refractivity contribution in [3.8, 4) is 0 Å². The van der Waals surface area contributed by atoms with Gasteiger partial charge in [0, 0.05) is 13.0 Å². The largest absolute Gasteiger partial charge is 0.457 e. The number of rotatable bonds is 40. The van der Waals surface area contributed by atoms with E-state index in [1.54, 1.807) is 0 Å². The van der Waals surface area contributed by atoms with E-state index in [1.807, 2.05) is 0 Å². The van der Waals surface area contributed by atoms with Crippen molar-refractivity contribution < 1.29 is 44.2 Å². The quantitative estimate of drug-likeness (QED) is 0.0270. The molecule has 4 N–H and O–H groups in total. The molecule has 1 fully saturated rings. The van der Waals surface area contributed by atoms with E-state index in [1.165, 1.54) is 51.4 Å². The summed E-state index contributed by atoms with van der Waals surface area (Å²) < 4.78 is 22.8. The van der Waals surface area contributed by atoms with E-state index in [4.69, 9.17) is 18.9 Å². The number of carbonyl (C=O) groups excluding carboxylic acids is 1. The molecule has 0 spiro atoms. The lowest BCUT2D eigenvalue weighted by molar-refractivity contribution is -0.305. The number of aliphatic hydroxyl groups is 4. The first-order valence-electron chi connectivity index (χ1n) is 24.2. The molecule has 0 aromatic rings. The summed E-state index contributed by atoms with van der Waals surface area (Å²) in [5.74, 6) is -0.334. The first-order chi connectivity index (χ1) is 29.9. The van der Waals surface area contributed by atoms with Crippen LogP contribution in [-0.4, -0.2) is 89.6 Å². The van der Waals surface area contributed by atoms with Crippen LogP contribution in [0.3, 0.4) is 0 Å². The fourth-order valence-electron chi connectivity index (χ4n) is 6.78. The molecule has 9 nitrogen and oxygen atoms in total. The van der Waals surface area contributed by atoms with Gasteiger partial charge in [-0.25, -0.2) is 0 Å². The van der Waals surface area contributed by atoms with Crippen LogP contribution in [-0.2, 0) is 23.7 Å². The Hall–Kier alpha value is -2.63. The first kappa shape index (κ1) is 56.4. The van der Waals surface area contributed by atoms with Gasteiger partial charge >= 0.3 is 5.97 Å². The molecule has 6 unspecified atom stereocenters. The molecule has 9 heteroatoms. The second-order valence-electron chi connectivity index (χ2n) is 16.2. The molecule has 0 radical (unpaired) electrons. The summed E-state index contributed by atoms with van der Waals surface area (Å²) in [7, 11) is 0. The molecule has 0 aromatic carbocycles. The molecule has 0 amide bonds. The SMILES string of the molecule is CC/C=C\C/C=C\C/C=C\C/C=C\C/C=C\CCCCCCOCC(COC1OC(CO)C(O)C(O)C1O)OC(=O)CCCCCCCCC/C=C\C/C=C\CCCCCC. The summed E-state index contributed by atoms with van der Waals surface area (Å²) in [5, 5.41) is 40.2. The first-order valence-corrected chi connectivity index (χ1v) is 24.2. The molecule has 6 atom stereocenters. The highest BCUT2D eigenvalue weighted by Gasteiger charge is 2.44. The average molecular weight is 857 g/mol. The topological polar surface area (TPSA) is 135 Å². The number of allylic oxidation sites excluding steroid dienone is 14. The highest BCUT2D eigenvalue weighted by Crippen LogP contribution is 2.22. The lowest BCUT2D eigenvalue weighted by Gasteiger charge is -2.39. The van der Waals surface area contributed by atoms with E-state index >= 15 is 0 Å². The molecule has 0 aliphatic carbocycles. The molecule has 1 aliphatic rings. The van der Waals surface area contributed by atoms with Crippen LogP contribution in [0.1, 0.15) is 174 Å². The second-order valence-corrected chi connectivity index (χ2v) is 16.2. The third-order valence-corrected chi connectivity index (χ3v) is 10.5. The Morgan fingerprint density at radius 3 is 1.51 bits per heavy atom. The molecular weight excluding hydrogens is 769 g/mol. The number of hydrogen-bond acceptors (Lipinski definition) is 9. The Bertz CT molecular complexity index is 1200. The van der Waals surface area contributed by atoms with E-state index in [0.29, 0.717) is 13.0 Å². The smallest absolute Gasteiger partial charge is 0.306 e. The van der Waals surface area contributed by atoms with Gasteiger partial charge in [0.05, 0.1) is 19.8 Å². The van der Waals surface area contributed by atoms with Crippen LogP contribution in [0.2, 0.25) is 0 Å². The van der Waals surface area contributed by atoms with Gasteiger partial charge in [0.25, 0.3) is 0 Å². The van der Waals surface area contributed by atoms with Crippen molar-refractivity contribution in [1.29, 1.82) is 0 Å². The van der Waals surface area contributed by atoms with Crippen LogP contribution >= 0.6 is 0 Å². The number of hydrogen-bond donors (Lipinski definition) is 4. The minimum atomic E-state index is -1.55. The monoisotopic (exact) mass is 857 g/mol. The third kappa shape index (κ3) is 33.6. The van der Waals surface area contributed by atoms with Gasteiger partial charge in [-0.15, -0.1) is 0 Å². The lowest BCUT2D eigenvalue weighted by Crippen LogP contribution is -2.59. The van der Waals surface area contributed by atoms with Gasteiger partial charge in [0.1, 0.15) is 30.5 Å². The standard InChI is InChI=1S/C52H88O9/c1-3-5-7-9-11-13-15-17-19-21-23-24-26-28-30-32-34-36-38-40-42-58-44-46(45-59-52-51(57)50(56)49(55)47(43-53)61-52)60-48(54)41-39-37-35-33-31-29-27-25-22-20-18-16-14-12-10-8-6-4-2/h5,7,11,13-14,16-17,19-20,22-24,28,30,46-47,49-53,55-57H,3-4,6,8-10,12,15,18,21,25-27,29,31-45H2,1-2H3/b7-5-,13-11-,16-14-,19-17-,22-20-,24-23-,30-28-. The summed E-state index contributed by atoms with van der Waals surface area (Å²) in [4.78, 5) is 12.8. The fourth-order valence-corrected chi connectivity index (χ4v) is 6.78. The summed E-state index contributed by atoms with van der Waals surface area (Å²) in [6, 6.07) is 0. The van der Waals surface area contributed by atoms with Gasteiger partial charge in [0.2, 0.25) is 0 Å². The van der Waals surface area contributed by atoms with Crippen LogP contribution in [0.25, 0.3) is 0 Å². The number of aliphatic hydroxyl groups excluding tert-OH is 4. The summed E-state index contributed by atoms with van der Waals surface area (Å²) >= 11 is 0. The molecule has 0 saturated carbocycles. The highest BCUT2D eigenvalue weighted by molar-refractivity contribution is 5.69. The number of esters is 1. The van der Waals surface area contributed by atoms with Gasteiger partial charge < -0.3 is 39.4 Å². The van der Waals surface area contributed by atoms with E-state index in [2.05, 4.69) is 98.9 Å². The second kappa shape index (κ2) is 42.7. The number of carbonyl (C=O) groups is 1. The van der Waals surface area contributed by atoms with Crippen LogP contribution < -0.4 is 0 Å². The van der Waals surface area contributed by atoms with Gasteiger partial charge in [-0.05, 0) is 89.9 Å². The summed E-state index contributed by atoms with van der Waals surface area (Å²) in [6.07, 6.45) is 50.3. The molecule has 350 valence electrons. The zero-order valence-corrected chi connectivity index (χ0v) is 38.4. The maximum atomic E-state index is 12.8. The van der Waals surface area contributed by atoms with E-state index in [9.17, 15) is 25.2 Å². The van der Waals surface area contributed by atoms with Crippen LogP contribution in [0, 0.1) is 0 Å². The van der Waals surface area contributed by atoms with E-state index < -0.39 is 43.4 Å². The van der Waals surface area contributed by atoms with Crippen LogP contribution in [0.5, 0.6) is 0 Å². The van der Waals surface area contributed by atoms with Crippen molar-refractivity contribution in [2.45, 2.75) is 211 Å². The predicted molar refractivity (Wildman–Crippen MR) is 251 cm³/mol. The normalized spacial score (nSPS) is 20.7. The summed E-state index contributed by atoms with van der Waals surface area (Å²) in [6.45, 7) is 4.35. The molecule has 1 saturated heterocycles. The molecular formula is C52H88O9. The maximum Gasteiger partial charge on any atom is 0.306 e. The molecule has 1 aliphatic heterocycles. The maximum absolute atomic E-state index is 12.8. The Morgan fingerprint density at radius 1 is 0.541 bits per heavy atom. The minimum Gasteiger partial charge on any atom is -0.457 e. The summed E-state index contributed by atoms with van der Waals surface area (Å²) in [5.41, 5.74) is 0. The van der Waals surface area contributed by atoms with Crippen molar-refractivity contribution in [2.75, 3.05) is 26.4 Å². The molecule has 61 heavy (non-hydrogen) atoms. The van der Waals surface area contributed by atoms with E-state index in [-0.39, 0.29) is 19.2 Å². The van der Waals surface area contributed by atoms with Gasteiger partial charge in [-0.3, -0.25) is 4.79 Å². The van der Waals surface area contributed by atoms with Crippen LogP contribution in [0.15, 0.2) is 85.1 Å². The number of ether oxygens (including phenoxy) is 4. The van der Waals surface area contributed by atoms with Gasteiger partial charge in [-0.2, -0.15) is 0 Å². The van der Waals surface area contributed by atoms with Crippen molar-refractivity contribution in [2.24, 2.45) is 0 Å². The van der Waals surface area contributed by atoms with Crippen molar-refractivity contribution >= 4 is 5.97 Å². The van der Waals surface area contributed by atoms with E-state index in [0.717, 1.165) is 103 Å². The third-order valence-electron chi connectivity index (χ3n) is 10.5. The lowest BCUT2D eigenvalue weighted by atomic mass is 9.99. The minimum absolute atomic E-state index is 0.119. The number of unbranched alkanes of at least 4 members (excludes halogenated alkanes) is 15. The molecule has 0 bridgehead atoms. The fraction of sp³-hybridized carbons (Fsp3) is 0.712. The Kier molecular flexibility index (Phi) is 39.4. The predicted octanol–water partition coefficient (Wildman–Crippen LogP) is 11.4. The molecule has 1 rings (SSSR count). The van der Waals surface area contributed by atoms with Crippen LogP contribution in [0.4, 0.5) is 0 Å². The zero-order valence-electron chi connectivity index (χ0n) is 38.4. The van der Waals surface area contributed by atoms with Crippen molar-refractivity contribution in [3.63, 3.8) is 0 Å². The Labute approximate surface area is 371 Å². The average Bonchev–Trinajstić information content (AvgIpc) is 3.26. The Morgan fingerprint density at radius 2 is 1.00 bits per heavy atom. The van der Waals surface area contributed by atoms with Crippen molar-refractivity contribution in [3.05, 3.63) is 85.1 Å².